The van der Waals surface area contributed by atoms with Crippen LogP contribution in [0.15, 0.2) is 84.9 Å². The zero-order chi connectivity index (χ0) is 19.1. The predicted molar refractivity (Wildman–Crippen MR) is 107 cm³/mol. The van der Waals surface area contributed by atoms with Crippen molar-refractivity contribution in [1.29, 1.82) is 0 Å². The lowest BCUT2D eigenvalue weighted by Crippen LogP contribution is -2.16. The van der Waals surface area contributed by atoms with Crippen molar-refractivity contribution in [3.05, 3.63) is 102 Å². The first-order chi connectivity index (χ1) is 13.2. The van der Waals surface area contributed by atoms with Crippen molar-refractivity contribution in [1.82, 2.24) is 0 Å². The standard InChI is InChI=1S/C23H19NO3/c1-27-23(26)19-14-8-9-15-21(19)24-22(25)20(18-12-6-3-7-13-18)16-17-10-4-2-5-11-17/h2-16H,1H3,(H,24,25)/b20-16-. The van der Waals surface area contributed by atoms with Crippen LogP contribution in [-0.4, -0.2) is 19.0 Å². The SMILES string of the molecule is COC(=O)c1ccccc1NC(=O)/C(=C\c1ccccc1)c1ccccc1. The number of anilines is 1. The van der Waals surface area contributed by atoms with E-state index < -0.39 is 5.97 Å². The van der Waals surface area contributed by atoms with Gasteiger partial charge in [0.1, 0.15) is 0 Å². The Kier molecular flexibility index (Phi) is 5.80. The van der Waals surface area contributed by atoms with Crippen LogP contribution in [0, 0.1) is 0 Å². The molecule has 1 N–H and O–H groups in total. The Labute approximate surface area is 158 Å². The molecule has 3 rings (SSSR count). The van der Waals surface area contributed by atoms with Crippen LogP contribution in [0.5, 0.6) is 0 Å². The Morgan fingerprint density at radius 1 is 0.815 bits per heavy atom. The monoisotopic (exact) mass is 357 g/mol. The summed E-state index contributed by atoms with van der Waals surface area (Å²) in [5.41, 5.74) is 2.91. The number of nitrogens with one attached hydrogen (secondary N) is 1. The summed E-state index contributed by atoms with van der Waals surface area (Å²) in [6, 6.07) is 25.8. The summed E-state index contributed by atoms with van der Waals surface area (Å²) in [5, 5.41) is 2.84. The lowest BCUT2D eigenvalue weighted by atomic mass is 10.0. The second-order valence-electron chi connectivity index (χ2n) is 5.83. The molecular weight excluding hydrogens is 338 g/mol. The minimum atomic E-state index is -0.501. The van der Waals surface area contributed by atoms with E-state index in [0.29, 0.717) is 16.8 Å². The highest BCUT2D eigenvalue weighted by Gasteiger charge is 2.17. The van der Waals surface area contributed by atoms with Crippen molar-refractivity contribution < 1.29 is 14.3 Å². The second-order valence-corrected chi connectivity index (χ2v) is 5.83. The van der Waals surface area contributed by atoms with Crippen LogP contribution in [0.1, 0.15) is 21.5 Å². The Morgan fingerprint density at radius 2 is 1.41 bits per heavy atom. The number of hydrogen-bond donors (Lipinski definition) is 1. The van der Waals surface area contributed by atoms with Gasteiger partial charge in [-0.25, -0.2) is 4.79 Å². The molecule has 3 aromatic rings. The molecule has 0 bridgehead atoms. The topological polar surface area (TPSA) is 55.4 Å². The third-order valence-corrected chi connectivity index (χ3v) is 4.02. The Balaban J connectivity index is 1.98. The number of hydrogen-bond acceptors (Lipinski definition) is 3. The van der Waals surface area contributed by atoms with Crippen LogP contribution in [0.2, 0.25) is 0 Å². The third-order valence-electron chi connectivity index (χ3n) is 4.02. The molecule has 0 aromatic heterocycles. The molecule has 3 aromatic carbocycles. The van der Waals surface area contributed by atoms with E-state index in [4.69, 9.17) is 4.74 Å². The van der Waals surface area contributed by atoms with Gasteiger partial charge in [0.05, 0.1) is 18.4 Å². The average molecular weight is 357 g/mol. The van der Waals surface area contributed by atoms with Crippen molar-refractivity contribution in [2.75, 3.05) is 12.4 Å². The van der Waals surface area contributed by atoms with Gasteiger partial charge in [-0.3, -0.25) is 4.79 Å². The van der Waals surface area contributed by atoms with Crippen LogP contribution >= 0.6 is 0 Å². The van der Waals surface area contributed by atoms with Gasteiger partial charge in [-0.2, -0.15) is 0 Å². The molecule has 4 heteroatoms. The fourth-order valence-electron chi connectivity index (χ4n) is 2.68. The van der Waals surface area contributed by atoms with Gasteiger partial charge in [0.25, 0.3) is 5.91 Å². The maximum atomic E-state index is 13.0. The minimum absolute atomic E-state index is 0.304. The smallest absolute Gasteiger partial charge is 0.339 e. The predicted octanol–water partition coefficient (Wildman–Crippen LogP) is 4.65. The highest BCUT2D eigenvalue weighted by Crippen LogP contribution is 2.22. The second kappa shape index (κ2) is 8.63. The van der Waals surface area contributed by atoms with Crippen molar-refractivity contribution >= 4 is 29.2 Å². The molecule has 0 atom stereocenters. The number of esters is 1. The van der Waals surface area contributed by atoms with Crippen molar-refractivity contribution in [3.63, 3.8) is 0 Å². The molecule has 0 radical (unpaired) electrons. The zero-order valence-corrected chi connectivity index (χ0v) is 14.9. The van der Waals surface area contributed by atoms with Crippen LogP contribution in [-0.2, 0) is 9.53 Å². The lowest BCUT2D eigenvalue weighted by Gasteiger charge is -2.12. The summed E-state index contributed by atoms with van der Waals surface area (Å²) in [6.45, 7) is 0. The van der Waals surface area contributed by atoms with E-state index >= 15 is 0 Å². The molecule has 0 aliphatic rings. The van der Waals surface area contributed by atoms with Crippen LogP contribution in [0.3, 0.4) is 0 Å². The Bertz CT molecular complexity index is 963. The third kappa shape index (κ3) is 4.50. The Hall–Kier alpha value is -3.66. The van der Waals surface area contributed by atoms with E-state index in [1.165, 1.54) is 7.11 Å². The summed E-state index contributed by atoms with van der Waals surface area (Å²) < 4.78 is 4.79. The van der Waals surface area contributed by atoms with Crippen LogP contribution in [0.4, 0.5) is 5.69 Å². The highest BCUT2D eigenvalue weighted by atomic mass is 16.5. The van der Waals surface area contributed by atoms with E-state index in [1.807, 2.05) is 66.7 Å². The van der Waals surface area contributed by atoms with Gasteiger partial charge in [-0.05, 0) is 29.3 Å². The summed E-state index contributed by atoms with van der Waals surface area (Å²) in [4.78, 5) is 25.0. The number of carbonyl (C=O) groups excluding carboxylic acids is 2. The van der Waals surface area contributed by atoms with Gasteiger partial charge in [-0.15, -0.1) is 0 Å². The number of methoxy groups -OCH3 is 1. The number of amides is 1. The number of rotatable bonds is 5. The molecule has 0 fully saturated rings. The molecule has 27 heavy (non-hydrogen) atoms. The van der Waals surface area contributed by atoms with Gasteiger partial charge in [0.2, 0.25) is 0 Å². The molecular formula is C23H19NO3. The first kappa shape index (κ1) is 18.1. The maximum absolute atomic E-state index is 13.0. The summed E-state index contributed by atoms with van der Waals surface area (Å²) in [5.74, 6) is -0.805. The molecule has 0 aliphatic heterocycles. The van der Waals surface area contributed by atoms with Gasteiger partial charge in [0, 0.05) is 5.57 Å². The molecule has 0 spiro atoms. The number of carbonyl (C=O) groups is 2. The molecule has 0 unspecified atom stereocenters. The van der Waals surface area contributed by atoms with E-state index in [0.717, 1.165) is 11.1 Å². The van der Waals surface area contributed by atoms with Gasteiger partial charge < -0.3 is 10.1 Å². The number of benzene rings is 3. The summed E-state index contributed by atoms with van der Waals surface area (Å²) in [6.07, 6.45) is 1.82. The molecule has 0 heterocycles. The quantitative estimate of drug-likeness (QED) is 0.411. The van der Waals surface area contributed by atoms with Crippen molar-refractivity contribution in [2.45, 2.75) is 0 Å². The number of para-hydroxylation sites is 1. The summed E-state index contributed by atoms with van der Waals surface area (Å²) >= 11 is 0. The largest absolute Gasteiger partial charge is 0.465 e. The van der Waals surface area contributed by atoms with Crippen molar-refractivity contribution in [2.24, 2.45) is 0 Å². The first-order valence-corrected chi connectivity index (χ1v) is 8.50. The van der Waals surface area contributed by atoms with Crippen LogP contribution in [0.25, 0.3) is 11.6 Å². The molecule has 0 saturated heterocycles. The van der Waals surface area contributed by atoms with E-state index in [-0.39, 0.29) is 5.91 Å². The molecule has 134 valence electrons. The molecule has 0 saturated carbocycles. The van der Waals surface area contributed by atoms with Crippen molar-refractivity contribution in [3.8, 4) is 0 Å². The lowest BCUT2D eigenvalue weighted by molar-refractivity contribution is -0.111. The van der Waals surface area contributed by atoms with E-state index in [2.05, 4.69) is 5.32 Å². The average Bonchev–Trinajstić information content (AvgIpc) is 2.73. The van der Waals surface area contributed by atoms with Gasteiger partial charge in [-0.1, -0.05) is 72.8 Å². The van der Waals surface area contributed by atoms with E-state index in [9.17, 15) is 9.59 Å². The highest BCUT2D eigenvalue weighted by molar-refractivity contribution is 6.29. The first-order valence-electron chi connectivity index (χ1n) is 8.50. The molecule has 4 nitrogen and oxygen atoms in total. The van der Waals surface area contributed by atoms with Gasteiger partial charge in [0.15, 0.2) is 0 Å². The number of ether oxygens (including phenoxy) is 1. The fraction of sp³-hybridized carbons (Fsp3) is 0.0435. The molecule has 1 amide bonds. The minimum Gasteiger partial charge on any atom is -0.465 e. The normalized spacial score (nSPS) is 10.9. The Morgan fingerprint density at radius 3 is 2.07 bits per heavy atom. The zero-order valence-electron chi connectivity index (χ0n) is 14.9. The van der Waals surface area contributed by atoms with Crippen LogP contribution < -0.4 is 5.32 Å². The van der Waals surface area contributed by atoms with E-state index in [1.54, 1.807) is 24.3 Å². The fourth-order valence-corrected chi connectivity index (χ4v) is 2.68. The maximum Gasteiger partial charge on any atom is 0.339 e. The summed E-state index contributed by atoms with van der Waals surface area (Å²) in [7, 11) is 1.31. The molecule has 0 aliphatic carbocycles. The van der Waals surface area contributed by atoms with Gasteiger partial charge >= 0.3 is 5.97 Å².